The predicted molar refractivity (Wildman–Crippen MR) is 121 cm³/mol. The fraction of sp³-hybridized carbons (Fsp3) is 0.174. The van der Waals surface area contributed by atoms with E-state index < -0.39 is 11.4 Å². The van der Waals surface area contributed by atoms with Gasteiger partial charge in [-0.2, -0.15) is 5.10 Å². The number of H-pyrrole nitrogens is 1. The van der Waals surface area contributed by atoms with E-state index in [1.54, 1.807) is 36.3 Å². The quantitative estimate of drug-likeness (QED) is 0.379. The van der Waals surface area contributed by atoms with E-state index in [1.165, 1.54) is 12.3 Å². The SMILES string of the molecule is CCC(O)(c1cc(-c2c[nH]c3ncc(-c4cnn(C)c4)cc23)nc(N)n1)c1ccncc1F. The van der Waals surface area contributed by atoms with Gasteiger partial charge in [-0.1, -0.05) is 6.92 Å². The molecule has 9 nitrogen and oxygen atoms in total. The lowest BCUT2D eigenvalue weighted by Crippen LogP contribution is -2.29. The van der Waals surface area contributed by atoms with Crippen LogP contribution in [-0.4, -0.2) is 39.8 Å². The molecule has 1 unspecified atom stereocenters. The minimum absolute atomic E-state index is 0.0328. The van der Waals surface area contributed by atoms with Crippen molar-refractivity contribution in [2.24, 2.45) is 7.05 Å². The Labute approximate surface area is 188 Å². The Balaban J connectivity index is 1.66. The molecule has 0 aliphatic rings. The molecule has 0 aromatic carbocycles. The monoisotopic (exact) mass is 444 g/mol. The molecule has 5 aromatic heterocycles. The number of aromatic nitrogens is 7. The number of aromatic amines is 1. The molecule has 0 fully saturated rings. The highest BCUT2D eigenvalue weighted by atomic mass is 19.1. The number of nitrogens with one attached hydrogen (secondary N) is 1. The van der Waals surface area contributed by atoms with Crippen LogP contribution in [0.15, 0.2) is 55.4 Å². The molecule has 0 amide bonds. The van der Waals surface area contributed by atoms with Crippen LogP contribution in [0.4, 0.5) is 10.3 Å². The highest BCUT2D eigenvalue weighted by Gasteiger charge is 2.35. The van der Waals surface area contributed by atoms with Gasteiger partial charge in [0, 0.05) is 59.5 Å². The van der Waals surface area contributed by atoms with Crippen molar-refractivity contribution >= 4 is 17.0 Å². The third kappa shape index (κ3) is 3.50. The maximum Gasteiger partial charge on any atom is 0.220 e. The highest BCUT2D eigenvalue weighted by Crippen LogP contribution is 2.36. The molecular weight excluding hydrogens is 423 g/mol. The van der Waals surface area contributed by atoms with Crippen LogP contribution in [0.1, 0.15) is 24.6 Å². The Kier molecular flexibility index (Phi) is 4.86. The van der Waals surface area contributed by atoms with E-state index in [2.05, 4.69) is 30.0 Å². The highest BCUT2D eigenvalue weighted by molar-refractivity contribution is 5.95. The molecule has 0 spiro atoms. The van der Waals surface area contributed by atoms with Crippen LogP contribution in [0.5, 0.6) is 0 Å². The number of nitrogens with two attached hydrogens (primary N) is 1. The summed E-state index contributed by atoms with van der Waals surface area (Å²) in [5, 5.41) is 16.5. The molecule has 166 valence electrons. The third-order valence-corrected chi connectivity index (χ3v) is 5.74. The zero-order valence-corrected chi connectivity index (χ0v) is 18.0. The largest absolute Gasteiger partial charge is 0.379 e. The lowest BCUT2D eigenvalue weighted by Gasteiger charge is -2.27. The molecule has 0 aliphatic heterocycles. The van der Waals surface area contributed by atoms with Gasteiger partial charge in [0.05, 0.1) is 23.8 Å². The first-order valence-electron chi connectivity index (χ1n) is 10.3. The number of aliphatic hydroxyl groups is 1. The van der Waals surface area contributed by atoms with Gasteiger partial charge in [0.2, 0.25) is 5.95 Å². The molecule has 33 heavy (non-hydrogen) atoms. The first-order valence-corrected chi connectivity index (χ1v) is 10.3. The van der Waals surface area contributed by atoms with E-state index in [0.29, 0.717) is 11.3 Å². The van der Waals surface area contributed by atoms with E-state index in [-0.39, 0.29) is 23.6 Å². The predicted octanol–water partition coefficient (Wildman–Crippen LogP) is 3.18. The molecule has 0 radical (unpaired) electrons. The van der Waals surface area contributed by atoms with Gasteiger partial charge in [0.1, 0.15) is 17.1 Å². The summed E-state index contributed by atoms with van der Waals surface area (Å²) in [6, 6.07) is 5.05. The Bertz CT molecular complexity index is 1480. The first-order chi connectivity index (χ1) is 15.9. The lowest BCUT2D eigenvalue weighted by molar-refractivity contribution is 0.0679. The van der Waals surface area contributed by atoms with Crippen molar-refractivity contribution in [3.05, 3.63) is 72.5 Å². The number of rotatable bonds is 5. The number of nitrogen functional groups attached to an aromatic ring is 1. The van der Waals surface area contributed by atoms with Gasteiger partial charge >= 0.3 is 0 Å². The fourth-order valence-corrected chi connectivity index (χ4v) is 3.98. The van der Waals surface area contributed by atoms with Crippen LogP contribution in [0.3, 0.4) is 0 Å². The average Bonchev–Trinajstić information content (AvgIpc) is 3.44. The van der Waals surface area contributed by atoms with E-state index in [1.807, 2.05) is 19.3 Å². The summed E-state index contributed by atoms with van der Waals surface area (Å²) in [6.07, 6.45) is 9.86. The van der Waals surface area contributed by atoms with Crippen LogP contribution in [0.25, 0.3) is 33.4 Å². The Morgan fingerprint density at radius 3 is 2.76 bits per heavy atom. The topological polar surface area (TPSA) is 131 Å². The summed E-state index contributed by atoms with van der Waals surface area (Å²) >= 11 is 0. The van der Waals surface area contributed by atoms with Gasteiger partial charge in [-0.05, 0) is 24.6 Å². The molecule has 0 bridgehead atoms. The zero-order chi connectivity index (χ0) is 23.2. The molecular formula is C23H21FN8O. The number of hydrogen-bond donors (Lipinski definition) is 3. The van der Waals surface area contributed by atoms with Crippen molar-refractivity contribution in [3.63, 3.8) is 0 Å². The van der Waals surface area contributed by atoms with Gasteiger partial charge in [-0.15, -0.1) is 0 Å². The van der Waals surface area contributed by atoms with Crippen molar-refractivity contribution in [1.29, 1.82) is 0 Å². The van der Waals surface area contributed by atoms with Crippen molar-refractivity contribution in [3.8, 4) is 22.4 Å². The van der Waals surface area contributed by atoms with Crippen LogP contribution >= 0.6 is 0 Å². The van der Waals surface area contributed by atoms with Crippen molar-refractivity contribution in [2.45, 2.75) is 18.9 Å². The second kappa shape index (κ2) is 7.75. The summed E-state index contributed by atoms with van der Waals surface area (Å²) in [6.45, 7) is 1.74. The molecule has 0 saturated carbocycles. The molecule has 5 heterocycles. The second-order valence-electron chi connectivity index (χ2n) is 7.79. The number of fused-ring (bicyclic) bond motifs is 1. The molecule has 5 rings (SSSR count). The fourth-order valence-electron chi connectivity index (χ4n) is 3.98. The Morgan fingerprint density at radius 2 is 2.03 bits per heavy atom. The molecule has 10 heteroatoms. The van der Waals surface area contributed by atoms with E-state index in [4.69, 9.17) is 5.73 Å². The lowest BCUT2D eigenvalue weighted by atomic mass is 9.87. The van der Waals surface area contributed by atoms with Crippen LogP contribution in [-0.2, 0) is 12.6 Å². The van der Waals surface area contributed by atoms with Crippen LogP contribution < -0.4 is 5.73 Å². The molecule has 0 aliphatic carbocycles. The Morgan fingerprint density at radius 1 is 1.18 bits per heavy atom. The van der Waals surface area contributed by atoms with Crippen molar-refractivity contribution in [1.82, 2.24) is 34.7 Å². The normalized spacial score (nSPS) is 13.3. The summed E-state index contributed by atoms with van der Waals surface area (Å²) in [5.41, 5.74) is 8.29. The summed E-state index contributed by atoms with van der Waals surface area (Å²) < 4.78 is 16.3. The smallest absolute Gasteiger partial charge is 0.220 e. The molecule has 1 atom stereocenters. The Hall–Kier alpha value is -4.18. The standard InChI is InChI=1S/C23H21FN8O/c1-3-23(33,17-4-5-26-11-18(17)24)20-7-19(30-22(25)31-20)16-10-28-21-15(16)6-13(8-27-21)14-9-29-32(2)12-14/h4-12,33H,3H2,1-2H3,(H,27,28)(H2,25,30,31). The average molecular weight is 444 g/mol. The molecule has 4 N–H and O–H groups in total. The molecule has 5 aromatic rings. The minimum atomic E-state index is -1.70. The summed E-state index contributed by atoms with van der Waals surface area (Å²) in [5.74, 6) is -0.660. The maximum atomic E-state index is 14.5. The van der Waals surface area contributed by atoms with Gasteiger partial charge in [0.15, 0.2) is 0 Å². The first kappa shape index (κ1) is 20.7. The maximum absolute atomic E-state index is 14.5. The molecule has 0 saturated heterocycles. The van der Waals surface area contributed by atoms with Gasteiger partial charge in [-0.3, -0.25) is 9.67 Å². The van der Waals surface area contributed by atoms with E-state index in [9.17, 15) is 9.50 Å². The number of hydrogen-bond acceptors (Lipinski definition) is 7. The summed E-state index contributed by atoms with van der Waals surface area (Å²) in [4.78, 5) is 20.0. The zero-order valence-electron chi connectivity index (χ0n) is 18.0. The minimum Gasteiger partial charge on any atom is -0.379 e. The van der Waals surface area contributed by atoms with Crippen LogP contribution in [0.2, 0.25) is 0 Å². The third-order valence-electron chi connectivity index (χ3n) is 5.74. The number of halogens is 1. The number of nitrogens with zero attached hydrogens (tertiary/aromatic N) is 6. The van der Waals surface area contributed by atoms with Gasteiger partial charge in [-0.25, -0.2) is 19.3 Å². The number of aryl methyl sites for hydroxylation is 1. The van der Waals surface area contributed by atoms with Crippen molar-refractivity contribution < 1.29 is 9.50 Å². The number of pyridine rings is 2. The van der Waals surface area contributed by atoms with Gasteiger partial charge < -0.3 is 15.8 Å². The second-order valence-corrected chi connectivity index (χ2v) is 7.79. The van der Waals surface area contributed by atoms with Crippen LogP contribution in [0, 0.1) is 5.82 Å². The van der Waals surface area contributed by atoms with E-state index in [0.717, 1.165) is 28.3 Å². The van der Waals surface area contributed by atoms with Gasteiger partial charge in [0.25, 0.3) is 0 Å². The van der Waals surface area contributed by atoms with Crippen molar-refractivity contribution in [2.75, 3.05) is 5.73 Å². The number of anilines is 1. The summed E-state index contributed by atoms with van der Waals surface area (Å²) in [7, 11) is 1.85. The van der Waals surface area contributed by atoms with E-state index >= 15 is 0 Å².